The number of alkyl halides is 2. The topological polar surface area (TPSA) is 43.1 Å². The fraction of sp³-hybridized carbons (Fsp3) is 0.222. The van der Waals surface area contributed by atoms with Gasteiger partial charge in [-0.25, -0.2) is 8.78 Å². The molecule has 0 spiro atoms. The lowest BCUT2D eigenvalue weighted by Gasteiger charge is -2.00. The molecule has 1 rings (SSSR count). The van der Waals surface area contributed by atoms with Crippen molar-refractivity contribution in [2.24, 2.45) is 5.73 Å². The van der Waals surface area contributed by atoms with Gasteiger partial charge in [-0.3, -0.25) is 4.79 Å². The summed E-state index contributed by atoms with van der Waals surface area (Å²) in [5.41, 5.74) is 5.54. The average Bonchev–Trinajstić information content (AvgIpc) is 2.04. The molecule has 0 radical (unpaired) electrons. The number of benzene rings is 1. The van der Waals surface area contributed by atoms with E-state index in [4.69, 9.17) is 5.73 Å². The standard InChI is InChI=1S/C9H9F2NO/c10-9(11)7-3-1-6(2-4-7)5-8(12)13/h1-4,9H,5H2,(H2,12,13). The van der Waals surface area contributed by atoms with Gasteiger partial charge in [-0.1, -0.05) is 24.3 Å². The van der Waals surface area contributed by atoms with Crippen molar-refractivity contribution >= 4 is 5.91 Å². The van der Waals surface area contributed by atoms with Crippen molar-refractivity contribution in [2.45, 2.75) is 12.8 Å². The molecule has 13 heavy (non-hydrogen) atoms. The average molecular weight is 185 g/mol. The SMILES string of the molecule is NC(=O)Cc1ccc(C(F)F)cc1. The van der Waals surface area contributed by atoms with Crippen LogP contribution in [0.5, 0.6) is 0 Å². The number of rotatable bonds is 3. The lowest BCUT2D eigenvalue weighted by molar-refractivity contribution is -0.117. The Kier molecular flexibility index (Phi) is 2.95. The van der Waals surface area contributed by atoms with E-state index in [9.17, 15) is 13.6 Å². The Hall–Kier alpha value is -1.45. The molecule has 0 aliphatic carbocycles. The largest absolute Gasteiger partial charge is 0.369 e. The Labute approximate surface area is 74.4 Å². The summed E-state index contributed by atoms with van der Waals surface area (Å²) in [5.74, 6) is -0.468. The molecule has 70 valence electrons. The van der Waals surface area contributed by atoms with E-state index >= 15 is 0 Å². The van der Waals surface area contributed by atoms with Gasteiger partial charge < -0.3 is 5.73 Å². The zero-order valence-electron chi connectivity index (χ0n) is 6.84. The van der Waals surface area contributed by atoms with E-state index in [1.54, 1.807) is 0 Å². The molecular weight excluding hydrogens is 176 g/mol. The highest BCUT2D eigenvalue weighted by Crippen LogP contribution is 2.18. The van der Waals surface area contributed by atoms with Crippen molar-refractivity contribution in [1.29, 1.82) is 0 Å². The lowest BCUT2D eigenvalue weighted by Crippen LogP contribution is -2.13. The van der Waals surface area contributed by atoms with Crippen LogP contribution in [-0.2, 0) is 11.2 Å². The van der Waals surface area contributed by atoms with Gasteiger partial charge in [-0.15, -0.1) is 0 Å². The van der Waals surface area contributed by atoms with Gasteiger partial charge in [-0.2, -0.15) is 0 Å². The van der Waals surface area contributed by atoms with Crippen LogP contribution in [0.1, 0.15) is 17.6 Å². The first-order chi connectivity index (χ1) is 6.09. The Morgan fingerprint density at radius 1 is 1.31 bits per heavy atom. The number of hydrogen-bond donors (Lipinski definition) is 1. The summed E-state index contributed by atoms with van der Waals surface area (Å²) in [7, 11) is 0. The Morgan fingerprint density at radius 3 is 2.23 bits per heavy atom. The predicted molar refractivity (Wildman–Crippen MR) is 44.3 cm³/mol. The van der Waals surface area contributed by atoms with Gasteiger partial charge in [0.25, 0.3) is 6.43 Å². The molecule has 0 aromatic heterocycles. The van der Waals surface area contributed by atoms with Gasteiger partial charge in [0.1, 0.15) is 0 Å². The maximum Gasteiger partial charge on any atom is 0.263 e. The predicted octanol–water partition coefficient (Wildman–Crippen LogP) is 1.65. The summed E-state index contributed by atoms with van der Waals surface area (Å²) in [6.45, 7) is 0. The van der Waals surface area contributed by atoms with Gasteiger partial charge in [0.05, 0.1) is 6.42 Å². The third kappa shape index (κ3) is 2.82. The van der Waals surface area contributed by atoms with Crippen LogP contribution in [0.15, 0.2) is 24.3 Å². The molecule has 2 nitrogen and oxygen atoms in total. The van der Waals surface area contributed by atoms with E-state index in [2.05, 4.69) is 0 Å². The first-order valence-electron chi connectivity index (χ1n) is 3.75. The minimum absolute atomic E-state index is 0.0479. The van der Waals surface area contributed by atoms with Crippen molar-refractivity contribution in [3.05, 3.63) is 35.4 Å². The monoisotopic (exact) mass is 185 g/mol. The number of nitrogens with two attached hydrogens (primary N) is 1. The van der Waals surface area contributed by atoms with Crippen LogP contribution in [0.2, 0.25) is 0 Å². The van der Waals surface area contributed by atoms with Crippen LogP contribution in [0.25, 0.3) is 0 Å². The fourth-order valence-electron chi connectivity index (χ4n) is 0.982. The number of carbonyl (C=O) groups excluding carboxylic acids is 1. The molecular formula is C9H9F2NO. The van der Waals surface area contributed by atoms with Crippen molar-refractivity contribution in [1.82, 2.24) is 0 Å². The Morgan fingerprint density at radius 2 is 1.85 bits per heavy atom. The molecule has 0 saturated heterocycles. The van der Waals surface area contributed by atoms with Gasteiger partial charge >= 0.3 is 0 Å². The zero-order chi connectivity index (χ0) is 9.84. The summed E-state index contributed by atoms with van der Waals surface area (Å²) in [6, 6.07) is 5.55. The third-order valence-electron chi connectivity index (χ3n) is 1.61. The first-order valence-corrected chi connectivity index (χ1v) is 3.75. The molecule has 1 aromatic carbocycles. The first kappa shape index (κ1) is 9.64. The van der Waals surface area contributed by atoms with Crippen LogP contribution in [-0.4, -0.2) is 5.91 Å². The van der Waals surface area contributed by atoms with E-state index in [1.165, 1.54) is 24.3 Å². The summed E-state index contributed by atoms with van der Waals surface area (Å²) in [6.07, 6.45) is -2.38. The second-order valence-electron chi connectivity index (χ2n) is 2.69. The molecule has 0 aliphatic heterocycles. The molecule has 2 N–H and O–H groups in total. The molecule has 1 aromatic rings. The Bertz CT molecular complexity index is 295. The summed E-state index contributed by atoms with van der Waals surface area (Å²) in [4.78, 5) is 10.5. The molecule has 1 amide bonds. The smallest absolute Gasteiger partial charge is 0.263 e. The summed E-state index contributed by atoms with van der Waals surface area (Å²) >= 11 is 0. The van der Waals surface area contributed by atoms with Crippen LogP contribution in [0, 0.1) is 0 Å². The minimum Gasteiger partial charge on any atom is -0.369 e. The van der Waals surface area contributed by atoms with Gasteiger partial charge in [-0.05, 0) is 5.56 Å². The number of hydrogen-bond acceptors (Lipinski definition) is 1. The van der Waals surface area contributed by atoms with Gasteiger partial charge in [0.15, 0.2) is 0 Å². The fourth-order valence-corrected chi connectivity index (χ4v) is 0.982. The second kappa shape index (κ2) is 3.98. The maximum atomic E-state index is 12.1. The van der Waals surface area contributed by atoms with E-state index in [-0.39, 0.29) is 12.0 Å². The molecule has 0 atom stereocenters. The molecule has 0 fully saturated rings. The second-order valence-corrected chi connectivity index (χ2v) is 2.69. The molecule has 0 bridgehead atoms. The number of primary amides is 1. The van der Waals surface area contributed by atoms with Crippen molar-refractivity contribution in [3.8, 4) is 0 Å². The number of halogens is 2. The van der Waals surface area contributed by atoms with Crippen LogP contribution >= 0.6 is 0 Å². The third-order valence-corrected chi connectivity index (χ3v) is 1.61. The highest BCUT2D eigenvalue weighted by molar-refractivity contribution is 5.76. The normalized spacial score (nSPS) is 10.4. The van der Waals surface area contributed by atoms with Crippen molar-refractivity contribution in [3.63, 3.8) is 0 Å². The van der Waals surface area contributed by atoms with E-state index in [0.717, 1.165) is 0 Å². The summed E-state index contributed by atoms with van der Waals surface area (Å²) < 4.78 is 24.1. The van der Waals surface area contributed by atoms with Crippen molar-refractivity contribution in [2.75, 3.05) is 0 Å². The summed E-state index contributed by atoms with van der Waals surface area (Å²) in [5, 5.41) is 0. The highest BCUT2D eigenvalue weighted by Gasteiger charge is 2.06. The molecule has 0 unspecified atom stereocenters. The molecule has 0 saturated carbocycles. The van der Waals surface area contributed by atoms with Crippen LogP contribution in [0.4, 0.5) is 8.78 Å². The van der Waals surface area contributed by atoms with Gasteiger partial charge in [0.2, 0.25) is 5.91 Å². The van der Waals surface area contributed by atoms with Gasteiger partial charge in [0, 0.05) is 5.56 Å². The molecule has 0 heterocycles. The highest BCUT2D eigenvalue weighted by atomic mass is 19.3. The maximum absolute atomic E-state index is 12.1. The number of amides is 1. The molecule has 0 aliphatic rings. The zero-order valence-corrected chi connectivity index (χ0v) is 6.84. The van der Waals surface area contributed by atoms with E-state index in [1.807, 2.05) is 0 Å². The van der Waals surface area contributed by atoms with Crippen LogP contribution in [0.3, 0.4) is 0 Å². The lowest BCUT2D eigenvalue weighted by atomic mass is 10.1. The minimum atomic E-state index is -2.47. The van der Waals surface area contributed by atoms with Crippen LogP contribution < -0.4 is 5.73 Å². The van der Waals surface area contributed by atoms with Crippen molar-refractivity contribution < 1.29 is 13.6 Å². The van der Waals surface area contributed by atoms with E-state index < -0.39 is 12.3 Å². The molecule has 4 heteroatoms. The number of carbonyl (C=O) groups is 1. The Balaban J connectivity index is 2.75. The van der Waals surface area contributed by atoms with E-state index in [0.29, 0.717) is 5.56 Å². The quantitative estimate of drug-likeness (QED) is 0.764.